The number of hydrogen-bond acceptors (Lipinski definition) is 2. The van der Waals surface area contributed by atoms with Crippen molar-refractivity contribution in [3.63, 3.8) is 0 Å². The minimum atomic E-state index is -0.0118. The van der Waals surface area contributed by atoms with Gasteiger partial charge in [-0.15, -0.1) is 0 Å². The first-order valence-corrected chi connectivity index (χ1v) is 9.49. The van der Waals surface area contributed by atoms with E-state index in [0.29, 0.717) is 17.6 Å². The summed E-state index contributed by atoms with van der Waals surface area (Å²) in [5.41, 5.74) is 1.61. The molecule has 4 nitrogen and oxygen atoms in total. The molecule has 0 heterocycles. The van der Waals surface area contributed by atoms with Crippen molar-refractivity contribution in [1.82, 2.24) is 10.2 Å². The van der Waals surface area contributed by atoms with Crippen LogP contribution in [0.25, 0.3) is 6.08 Å². The number of benzene rings is 1. The zero-order valence-corrected chi connectivity index (χ0v) is 15.0. The molecule has 134 valence electrons. The Kier molecular flexibility index (Phi) is 5.90. The fraction of sp³-hybridized carbons (Fsp3) is 0.524. The highest BCUT2D eigenvalue weighted by atomic mass is 16.2. The van der Waals surface area contributed by atoms with Crippen LogP contribution in [0.4, 0.5) is 0 Å². The molecule has 0 atom stereocenters. The Morgan fingerprint density at radius 1 is 1.00 bits per heavy atom. The lowest BCUT2D eigenvalue weighted by Gasteiger charge is -2.26. The summed E-state index contributed by atoms with van der Waals surface area (Å²) in [6.07, 6.45) is 12.9. The van der Waals surface area contributed by atoms with E-state index >= 15 is 0 Å². The van der Waals surface area contributed by atoms with Gasteiger partial charge in [0, 0.05) is 30.8 Å². The predicted molar refractivity (Wildman–Crippen MR) is 100 cm³/mol. The summed E-state index contributed by atoms with van der Waals surface area (Å²) < 4.78 is 0. The lowest BCUT2D eigenvalue weighted by atomic mass is 10.1. The Labute approximate surface area is 150 Å². The van der Waals surface area contributed by atoms with Gasteiger partial charge in [0.1, 0.15) is 0 Å². The fourth-order valence-corrected chi connectivity index (χ4v) is 3.35. The molecule has 2 saturated carbocycles. The van der Waals surface area contributed by atoms with Crippen molar-refractivity contribution in [1.29, 1.82) is 0 Å². The lowest BCUT2D eigenvalue weighted by molar-refractivity contribution is -0.126. The Hall–Kier alpha value is -2.10. The van der Waals surface area contributed by atoms with Crippen LogP contribution in [-0.4, -0.2) is 35.8 Å². The van der Waals surface area contributed by atoms with Gasteiger partial charge < -0.3 is 10.2 Å². The summed E-state index contributed by atoms with van der Waals surface area (Å²) >= 11 is 0. The van der Waals surface area contributed by atoms with Crippen LogP contribution in [0.15, 0.2) is 30.3 Å². The van der Waals surface area contributed by atoms with E-state index in [1.165, 1.54) is 25.7 Å². The third-order valence-electron chi connectivity index (χ3n) is 5.22. The molecule has 3 rings (SSSR count). The summed E-state index contributed by atoms with van der Waals surface area (Å²) in [4.78, 5) is 26.3. The molecule has 2 aliphatic rings. The van der Waals surface area contributed by atoms with Gasteiger partial charge in [-0.25, -0.2) is 0 Å². The van der Waals surface area contributed by atoms with E-state index in [9.17, 15) is 9.59 Å². The molecule has 1 aromatic rings. The van der Waals surface area contributed by atoms with Crippen LogP contribution in [-0.2, 0) is 4.79 Å². The zero-order chi connectivity index (χ0) is 17.6. The first-order valence-electron chi connectivity index (χ1n) is 9.49. The molecule has 0 bridgehead atoms. The molecule has 0 aromatic heterocycles. The van der Waals surface area contributed by atoms with E-state index < -0.39 is 0 Å². The summed E-state index contributed by atoms with van der Waals surface area (Å²) in [6.45, 7) is 0. The maximum atomic E-state index is 12.4. The summed E-state index contributed by atoms with van der Waals surface area (Å²) in [5.74, 6) is 0.0460. The predicted octanol–water partition coefficient (Wildman–Crippen LogP) is 3.77. The van der Waals surface area contributed by atoms with E-state index in [1.807, 2.05) is 42.3 Å². The highest BCUT2D eigenvalue weighted by molar-refractivity contribution is 5.95. The van der Waals surface area contributed by atoms with Crippen molar-refractivity contribution in [3.05, 3.63) is 41.5 Å². The molecular formula is C21H28N2O2. The van der Waals surface area contributed by atoms with Crippen molar-refractivity contribution in [3.8, 4) is 0 Å². The standard InChI is InChI=1S/C21H28N2O2/c1-23(19-6-4-2-3-5-7-19)20(24)15-10-16-8-11-17(12-9-16)21(25)22-18-13-14-18/h8-12,15,18-19H,2-7,13-14H2,1H3,(H,22,25)/b15-10+. The smallest absolute Gasteiger partial charge is 0.251 e. The molecule has 0 radical (unpaired) electrons. The van der Waals surface area contributed by atoms with Crippen LogP contribution >= 0.6 is 0 Å². The summed E-state index contributed by atoms with van der Waals surface area (Å²) in [5, 5.41) is 2.98. The zero-order valence-electron chi connectivity index (χ0n) is 15.0. The molecule has 2 amide bonds. The van der Waals surface area contributed by atoms with Gasteiger partial charge in [-0.3, -0.25) is 9.59 Å². The number of carbonyl (C=O) groups excluding carboxylic acids is 2. The topological polar surface area (TPSA) is 49.4 Å². The lowest BCUT2D eigenvalue weighted by Crippen LogP contribution is -2.35. The number of hydrogen-bond donors (Lipinski definition) is 1. The van der Waals surface area contributed by atoms with Gasteiger partial charge in [0.15, 0.2) is 0 Å². The van der Waals surface area contributed by atoms with Gasteiger partial charge in [0.2, 0.25) is 5.91 Å². The number of nitrogens with one attached hydrogen (secondary N) is 1. The molecule has 1 aromatic carbocycles. The average molecular weight is 340 g/mol. The van der Waals surface area contributed by atoms with E-state index in [-0.39, 0.29) is 11.8 Å². The Bertz CT molecular complexity index is 624. The van der Waals surface area contributed by atoms with Crippen LogP contribution in [0, 0.1) is 0 Å². The van der Waals surface area contributed by atoms with Crippen LogP contribution in [0.5, 0.6) is 0 Å². The fourth-order valence-electron chi connectivity index (χ4n) is 3.35. The number of rotatable bonds is 5. The Morgan fingerprint density at radius 3 is 2.24 bits per heavy atom. The van der Waals surface area contributed by atoms with E-state index in [4.69, 9.17) is 0 Å². The van der Waals surface area contributed by atoms with Crippen LogP contribution in [0.2, 0.25) is 0 Å². The van der Waals surface area contributed by atoms with Gasteiger partial charge in [-0.05, 0) is 49.5 Å². The van der Waals surface area contributed by atoms with Gasteiger partial charge in [0.05, 0.1) is 0 Å². The molecule has 2 aliphatic carbocycles. The maximum absolute atomic E-state index is 12.4. The molecule has 25 heavy (non-hydrogen) atoms. The summed E-state index contributed by atoms with van der Waals surface area (Å²) in [7, 11) is 1.91. The molecule has 1 N–H and O–H groups in total. The number of likely N-dealkylation sites (N-methyl/N-ethyl adjacent to an activating group) is 1. The van der Waals surface area contributed by atoms with Crippen molar-refractivity contribution in [2.24, 2.45) is 0 Å². The maximum Gasteiger partial charge on any atom is 0.251 e. The van der Waals surface area contributed by atoms with E-state index in [0.717, 1.165) is 31.2 Å². The monoisotopic (exact) mass is 340 g/mol. The summed E-state index contributed by atoms with van der Waals surface area (Å²) in [6, 6.07) is 8.14. The van der Waals surface area contributed by atoms with Crippen LogP contribution in [0.1, 0.15) is 67.3 Å². The highest BCUT2D eigenvalue weighted by Gasteiger charge is 2.23. The Morgan fingerprint density at radius 2 is 1.64 bits per heavy atom. The van der Waals surface area contributed by atoms with Crippen molar-refractivity contribution >= 4 is 17.9 Å². The highest BCUT2D eigenvalue weighted by Crippen LogP contribution is 2.21. The van der Waals surface area contributed by atoms with Crippen LogP contribution in [0.3, 0.4) is 0 Å². The van der Waals surface area contributed by atoms with E-state index in [2.05, 4.69) is 5.32 Å². The molecule has 0 spiro atoms. The largest absolute Gasteiger partial charge is 0.349 e. The minimum Gasteiger partial charge on any atom is -0.349 e. The molecule has 2 fully saturated rings. The molecule has 0 saturated heterocycles. The second-order valence-corrected chi connectivity index (χ2v) is 7.30. The van der Waals surface area contributed by atoms with Gasteiger partial charge in [-0.1, -0.05) is 37.8 Å². The van der Waals surface area contributed by atoms with Crippen molar-refractivity contribution < 1.29 is 9.59 Å². The SMILES string of the molecule is CN(C(=O)/C=C/c1ccc(C(=O)NC2CC2)cc1)C1CCCCCC1. The average Bonchev–Trinajstić information content (AvgIpc) is 3.46. The van der Waals surface area contributed by atoms with Crippen molar-refractivity contribution in [2.45, 2.75) is 63.5 Å². The molecule has 0 unspecified atom stereocenters. The quantitative estimate of drug-likeness (QED) is 0.655. The normalized spacial score (nSPS) is 18.8. The molecular weight excluding hydrogens is 312 g/mol. The number of carbonyl (C=O) groups is 2. The third-order valence-corrected chi connectivity index (χ3v) is 5.22. The molecule has 4 heteroatoms. The van der Waals surface area contributed by atoms with Gasteiger partial charge >= 0.3 is 0 Å². The Balaban J connectivity index is 1.54. The third kappa shape index (κ3) is 5.18. The van der Waals surface area contributed by atoms with E-state index in [1.54, 1.807) is 6.08 Å². The second kappa shape index (κ2) is 8.32. The van der Waals surface area contributed by atoms with Gasteiger partial charge in [-0.2, -0.15) is 0 Å². The molecule has 0 aliphatic heterocycles. The number of amides is 2. The number of nitrogens with zero attached hydrogens (tertiary/aromatic N) is 1. The minimum absolute atomic E-state index is 0.0118. The second-order valence-electron chi connectivity index (χ2n) is 7.30. The first kappa shape index (κ1) is 17.7. The van der Waals surface area contributed by atoms with Gasteiger partial charge in [0.25, 0.3) is 5.91 Å². The van der Waals surface area contributed by atoms with Crippen molar-refractivity contribution in [2.75, 3.05) is 7.05 Å². The first-order chi connectivity index (χ1) is 12.1. The van der Waals surface area contributed by atoms with Crippen LogP contribution < -0.4 is 5.32 Å².